The number of methoxy groups -OCH3 is 1. The molecule has 1 fully saturated rings. The summed E-state index contributed by atoms with van der Waals surface area (Å²) in [5, 5.41) is 9.18. The largest absolute Gasteiger partial charge is 0.480 e. The van der Waals surface area contributed by atoms with E-state index in [0.29, 0.717) is 18.1 Å². The van der Waals surface area contributed by atoms with E-state index in [9.17, 15) is 14.7 Å². The first-order chi connectivity index (χ1) is 8.99. The Morgan fingerprint density at radius 2 is 2.21 bits per heavy atom. The number of carbonyl (C=O) groups is 2. The maximum atomic E-state index is 12.2. The van der Waals surface area contributed by atoms with Crippen molar-refractivity contribution in [2.75, 3.05) is 31.0 Å². The van der Waals surface area contributed by atoms with Crippen molar-refractivity contribution in [2.45, 2.75) is 25.3 Å². The second-order valence-corrected chi connectivity index (χ2v) is 6.92. The van der Waals surface area contributed by atoms with Gasteiger partial charge in [0.2, 0.25) is 5.91 Å². The number of thioether (sulfide) groups is 2. The fraction of sp³-hybridized carbons (Fsp3) is 0.833. The molecule has 0 spiro atoms. The Balaban J connectivity index is 2.62. The molecule has 1 rings (SSSR count). The van der Waals surface area contributed by atoms with E-state index in [1.807, 2.05) is 13.8 Å². The molecule has 1 aliphatic rings. The molecular formula is C12H21NO4S2. The second kappa shape index (κ2) is 8.01. The highest BCUT2D eigenvalue weighted by molar-refractivity contribution is 8.00. The molecule has 1 N–H and O–H groups in total. The number of hydrogen-bond donors (Lipinski definition) is 1. The third kappa shape index (κ3) is 4.57. The quantitative estimate of drug-likeness (QED) is 0.717. The van der Waals surface area contributed by atoms with Crippen LogP contribution in [-0.4, -0.2) is 64.3 Å². The first-order valence-corrected chi connectivity index (χ1v) is 8.41. The van der Waals surface area contributed by atoms with Gasteiger partial charge in [0.25, 0.3) is 0 Å². The Kier molecular flexibility index (Phi) is 7.02. The Labute approximate surface area is 122 Å². The van der Waals surface area contributed by atoms with Crippen LogP contribution in [0.4, 0.5) is 0 Å². The van der Waals surface area contributed by atoms with Crippen molar-refractivity contribution in [3.05, 3.63) is 0 Å². The average molecular weight is 307 g/mol. The number of ether oxygens (including phenoxy) is 1. The molecule has 7 heteroatoms. The van der Waals surface area contributed by atoms with Crippen LogP contribution in [0.3, 0.4) is 0 Å². The molecule has 19 heavy (non-hydrogen) atoms. The number of carboxylic acid groups (broad SMARTS) is 1. The number of hydrogen-bond acceptors (Lipinski definition) is 5. The van der Waals surface area contributed by atoms with Gasteiger partial charge in [0.05, 0.1) is 17.7 Å². The van der Waals surface area contributed by atoms with E-state index in [1.165, 1.54) is 11.8 Å². The van der Waals surface area contributed by atoms with Crippen LogP contribution in [0.15, 0.2) is 0 Å². The molecule has 0 saturated carbocycles. The molecule has 110 valence electrons. The fourth-order valence-electron chi connectivity index (χ4n) is 1.92. The molecule has 0 aromatic rings. The van der Waals surface area contributed by atoms with Gasteiger partial charge in [-0.2, -0.15) is 0 Å². The maximum absolute atomic E-state index is 12.2. The Bertz CT molecular complexity index is 325. The van der Waals surface area contributed by atoms with Crippen molar-refractivity contribution < 1.29 is 19.4 Å². The number of carbonyl (C=O) groups excluding carboxylic acids is 1. The average Bonchev–Trinajstić information content (AvgIpc) is 2.79. The predicted molar refractivity (Wildman–Crippen MR) is 78.6 cm³/mol. The normalized spacial score (nSPS) is 23.1. The van der Waals surface area contributed by atoms with Crippen molar-refractivity contribution in [3.63, 3.8) is 0 Å². The standard InChI is InChI=1S/C12H21NO4S2/c1-8(2)11-13(9(6-19-11)12(15)16)10(14)7-18-5-4-17-3/h8-9,11H,4-7H2,1-3H3,(H,15,16). The number of aliphatic carboxylic acids is 1. The van der Waals surface area contributed by atoms with E-state index in [4.69, 9.17) is 4.74 Å². The lowest BCUT2D eigenvalue weighted by Gasteiger charge is -2.29. The Morgan fingerprint density at radius 1 is 1.53 bits per heavy atom. The summed E-state index contributed by atoms with van der Waals surface area (Å²) < 4.78 is 4.92. The van der Waals surface area contributed by atoms with Gasteiger partial charge in [-0.05, 0) is 5.92 Å². The first kappa shape index (κ1) is 16.7. The van der Waals surface area contributed by atoms with Gasteiger partial charge in [-0.15, -0.1) is 23.5 Å². The third-order valence-electron chi connectivity index (χ3n) is 2.84. The van der Waals surface area contributed by atoms with Crippen LogP contribution in [0.2, 0.25) is 0 Å². The predicted octanol–water partition coefficient (Wildman–Crippen LogP) is 1.38. The maximum Gasteiger partial charge on any atom is 0.327 e. The van der Waals surface area contributed by atoms with Crippen molar-refractivity contribution >= 4 is 35.4 Å². The van der Waals surface area contributed by atoms with Gasteiger partial charge >= 0.3 is 5.97 Å². The van der Waals surface area contributed by atoms with Crippen LogP contribution in [0.5, 0.6) is 0 Å². The van der Waals surface area contributed by atoms with Crippen molar-refractivity contribution in [3.8, 4) is 0 Å². The third-order valence-corrected chi connectivity index (χ3v) is 5.36. The van der Waals surface area contributed by atoms with Gasteiger partial charge in [-0.25, -0.2) is 4.79 Å². The van der Waals surface area contributed by atoms with E-state index in [2.05, 4.69) is 0 Å². The van der Waals surface area contributed by atoms with Gasteiger partial charge in [-0.1, -0.05) is 13.8 Å². The summed E-state index contributed by atoms with van der Waals surface area (Å²) in [5.41, 5.74) is 0. The monoisotopic (exact) mass is 307 g/mol. The molecule has 1 heterocycles. The first-order valence-electron chi connectivity index (χ1n) is 6.21. The minimum Gasteiger partial charge on any atom is -0.480 e. The van der Waals surface area contributed by atoms with Crippen LogP contribution in [0.1, 0.15) is 13.8 Å². The summed E-state index contributed by atoms with van der Waals surface area (Å²) in [4.78, 5) is 25.0. The topological polar surface area (TPSA) is 66.8 Å². The van der Waals surface area contributed by atoms with Crippen molar-refractivity contribution in [1.82, 2.24) is 4.90 Å². The SMILES string of the molecule is COCCSCC(=O)N1C(C(=O)O)CSC1C(C)C. The van der Waals surface area contributed by atoms with Crippen LogP contribution < -0.4 is 0 Å². The molecule has 0 radical (unpaired) electrons. The number of rotatable bonds is 7. The second-order valence-electron chi connectivity index (χ2n) is 4.67. The lowest BCUT2D eigenvalue weighted by atomic mass is 10.1. The van der Waals surface area contributed by atoms with E-state index in [0.717, 1.165) is 5.75 Å². The number of amides is 1. The molecular weight excluding hydrogens is 286 g/mol. The van der Waals surface area contributed by atoms with Gasteiger partial charge in [-0.3, -0.25) is 4.79 Å². The summed E-state index contributed by atoms with van der Waals surface area (Å²) in [7, 11) is 1.62. The molecule has 0 bridgehead atoms. The number of carboxylic acids is 1. The van der Waals surface area contributed by atoms with Gasteiger partial charge in [0.15, 0.2) is 0 Å². The molecule has 0 aromatic carbocycles. The summed E-state index contributed by atoms with van der Waals surface area (Å²) in [6.45, 7) is 4.63. The lowest BCUT2D eigenvalue weighted by Crippen LogP contribution is -2.47. The zero-order chi connectivity index (χ0) is 14.4. The molecule has 1 amide bonds. The zero-order valence-electron chi connectivity index (χ0n) is 11.5. The molecule has 0 aromatic heterocycles. The number of nitrogens with zero attached hydrogens (tertiary/aromatic N) is 1. The van der Waals surface area contributed by atoms with Gasteiger partial charge in [0, 0.05) is 18.6 Å². The minimum atomic E-state index is -0.911. The van der Waals surface area contributed by atoms with Crippen LogP contribution in [0, 0.1) is 5.92 Å². The highest BCUT2D eigenvalue weighted by Crippen LogP contribution is 2.34. The highest BCUT2D eigenvalue weighted by Gasteiger charge is 2.42. The minimum absolute atomic E-state index is 0.0309. The Morgan fingerprint density at radius 3 is 2.74 bits per heavy atom. The lowest BCUT2D eigenvalue weighted by molar-refractivity contribution is -0.148. The molecule has 5 nitrogen and oxygen atoms in total. The van der Waals surface area contributed by atoms with Crippen molar-refractivity contribution in [1.29, 1.82) is 0 Å². The molecule has 0 aliphatic carbocycles. The van der Waals surface area contributed by atoms with E-state index in [1.54, 1.807) is 23.8 Å². The van der Waals surface area contributed by atoms with E-state index >= 15 is 0 Å². The van der Waals surface area contributed by atoms with Crippen LogP contribution >= 0.6 is 23.5 Å². The summed E-state index contributed by atoms with van der Waals surface area (Å²) in [6, 6.07) is -0.687. The summed E-state index contributed by atoms with van der Waals surface area (Å²) in [5.74, 6) is 0.794. The molecule has 1 aliphatic heterocycles. The molecule has 2 atom stereocenters. The van der Waals surface area contributed by atoms with Gasteiger partial charge in [0.1, 0.15) is 6.04 Å². The highest BCUT2D eigenvalue weighted by atomic mass is 32.2. The smallest absolute Gasteiger partial charge is 0.327 e. The molecule has 1 saturated heterocycles. The van der Waals surface area contributed by atoms with E-state index in [-0.39, 0.29) is 17.2 Å². The van der Waals surface area contributed by atoms with Crippen LogP contribution in [0.25, 0.3) is 0 Å². The van der Waals surface area contributed by atoms with Crippen LogP contribution in [-0.2, 0) is 14.3 Å². The fourth-order valence-corrected chi connectivity index (χ4v) is 4.17. The summed E-state index contributed by atoms with van der Waals surface area (Å²) in [6.07, 6.45) is 0. The Hall–Kier alpha value is -0.400. The van der Waals surface area contributed by atoms with Crippen molar-refractivity contribution in [2.24, 2.45) is 5.92 Å². The molecule has 2 unspecified atom stereocenters. The summed E-state index contributed by atoms with van der Waals surface area (Å²) >= 11 is 3.04. The van der Waals surface area contributed by atoms with Gasteiger partial charge < -0.3 is 14.7 Å². The van der Waals surface area contributed by atoms with E-state index < -0.39 is 12.0 Å². The zero-order valence-corrected chi connectivity index (χ0v) is 13.1.